The normalized spacial score (nSPS) is 10.2. The third kappa shape index (κ3) is 3.03. The fourth-order valence-corrected chi connectivity index (χ4v) is 2.07. The van der Waals surface area contributed by atoms with Gasteiger partial charge in [0.25, 0.3) is 0 Å². The van der Waals surface area contributed by atoms with E-state index in [0.29, 0.717) is 16.5 Å². The molecular weight excluding hydrogens is 262 g/mol. The summed E-state index contributed by atoms with van der Waals surface area (Å²) in [6.45, 7) is 1.96. The van der Waals surface area contributed by atoms with E-state index in [1.54, 1.807) is 6.20 Å². The van der Waals surface area contributed by atoms with Gasteiger partial charge in [-0.2, -0.15) is 0 Å². The van der Waals surface area contributed by atoms with Gasteiger partial charge < -0.3 is 5.11 Å². The minimum Gasteiger partial charge on any atom is -0.465 e. The first kappa shape index (κ1) is 13.4. The number of hydrogen-bond donors (Lipinski definition) is 2. The molecule has 0 aliphatic carbocycles. The highest BCUT2D eigenvalue weighted by molar-refractivity contribution is 7.98. The summed E-state index contributed by atoms with van der Waals surface area (Å²) in [5.41, 5.74) is 2.63. The van der Waals surface area contributed by atoms with Gasteiger partial charge in [-0.05, 0) is 24.3 Å². The fourth-order valence-electron chi connectivity index (χ4n) is 1.73. The standard InChI is InChI=1S/C13H13N3O2S/c1-8-5-3-4-6-9(8)10-7-14-12(19-2)15-11(10)16-13(17)18/h3-7H,1-2H3,(H,17,18)(H,14,15,16). The molecule has 1 aromatic heterocycles. The molecule has 6 heteroatoms. The Hall–Kier alpha value is -2.08. The van der Waals surface area contributed by atoms with Crippen molar-refractivity contribution in [3.8, 4) is 11.1 Å². The van der Waals surface area contributed by atoms with Gasteiger partial charge in [0.1, 0.15) is 5.82 Å². The van der Waals surface area contributed by atoms with Crippen LogP contribution in [0.25, 0.3) is 11.1 Å². The molecule has 0 radical (unpaired) electrons. The molecule has 0 aliphatic rings. The maximum absolute atomic E-state index is 10.9. The Morgan fingerprint density at radius 3 is 2.68 bits per heavy atom. The molecule has 0 unspecified atom stereocenters. The van der Waals surface area contributed by atoms with E-state index in [2.05, 4.69) is 15.3 Å². The van der Waals surface area contributed by atoms with Crippen molar-refractivity contribution in [2.75, 3.05) is 11.6 Å². The zero-order valence-corrected chi connectivity index (χ0v) is 11.4. The Kier molecular flexibility index (Phi) is 4.01. The number of aryl methyl sites for hydroxylation is 1. The van der Waals surface area contributed by atoms with Crippen molar-refractivity contribution in [2.24, 2.45) is 0 Å². The summed E-state index contributed by atoms with van der Waals surface area (Å²) in [5, 5.41) is 11.7. The molecule has 0 saturated carbocycles. The lowest BCUT2D eigenvalue weighted by Crippen LogP contribution is -2.11. The maximum atomic E-state index is 10.9. The summed E-state index contributed by atoms with van der Waals surface area (Å²) < 4.78 is 0. The molecule has 0 atom stereocenters. The second-order valence-electron chi connectivity index (χ2n) is 3.86. The van der Waals surface area contributed by atoms with Crippen LogP contribution in [-0.4, -0.2) is 27.4 Å². The van der Waals surface area contributed by atoms with Crippen LogP contribution in [0, 0.1) is 6.92 Å². The van der Waals surface area contributed by atoms with E-state index < -0.39 is 6.09 Å². The minimum absolute atomic E-state index is 0.307. The number of aromatic nitrogens is 2. The number of carbonyl (C=O) groups is 1. The van der Waals surface area contributed by atoms with Crippen LogP contribution in [0.15, 0.2) is 35.6 Å². The number of anilines is 1. The van der Waals surface area contributed by atoms with E-state index in [0.717, 1.165) is 11.1 Å². The van der Waals surface area contributed by atoms with E-state index in [1.807, 2.05) is 37.4 Å². The Labute approximate surface area is 115 Å². The van der Waals surface area contributed by atoms with Gasteiger partial charge in [0.15, 0.2) is 5.16 Å². The predicted molar refractivity (Wildman–Crippen MR) is 75.6 cm³/mol. The van der Waals surface area contributed by atoms with Crippen molar-refractivity contribution in [2.45, 2.75) is 12.1 Å². The number of benzene rings is 1. The summed E-state index contributed by atoms with van der Waals surface area (Å²) in [7, 11) is 0. The molecule has 0 fully saturated rings. The molecule has 1 aromatic carbocycles. The van der Waals surface area contributed by atoms with Gasteiger partial charge in [0.2, 0.25) is 0 Å². The van der Waals surface area contributed by atoms with Crippen molar-refractivity contribution in [3.05, 3.63) is 36.0 Å². The van der Waals surface area contributed by atoms with E-state index in [-0.39, 0.29) is 0 Å². The highest BCUT2D eigenvalue weighted by Gasteiger charge is 2.12. The van der Waals surface area contributed by atoms with Crippen LogP contribution < -0.4 is 5.32 Å². The van der Waals surface area contributed by atoms with Gasteiger partial charge in [0, 0.05) is 11.8 Å². The summed E-state index contributed by atoms with van der Waals surface area (Å²) in [6.07, 6.45) is 2.35. The SMILES string of the molecule is CSc1ncc(-c2ccccc2C)c(NC(=O)O)n1. The lowest BCUT2D eigenvalue weighted by Gasteiger charge is -2.11. The molecule has 0 bridgehead atoms. The molecule has 0 aliphatic heterocycles. The van der Waals surface area contributed by atoms with Crippen LogP contribution in [0.4, 0.5) is 10.6 Å². The van der Waals surface area contributed by atoms with Crippen LogP contribution in [0.3, 0.4) is 0 Å². The Morgan fingerprint density at radius 1 is 1.32 bits per heavy atom. The Balaban J connectivity index is 2.56. The van der Waals surface area contributed by atoms with Crippen molar-refractivity contribution >= 4 is 23.7 Å². The lowest BCUT2D eigenvalue weighted by atomic mass is 10.0. The fraction of sp³-hybridized carbons (Fsp3) is 0.154. The van der Waals surface area contributed by atoms with Crippen LogP contribution in [0.1, 0.15) is 5.56 Å². The lowest BCUT2D eigenvalue weighted by molar-refractivity contribution is 0.209. The van der Waals surface area contributed by atoms with Crippen molar-refractivity contribution in [1.82, 2.24) is 9.97 Å². The van der Waals surface area contributed by atoms with Crippen LogP contribution >= 0.6 is 11.8 Å². The molecule has 0 spiro atoms. The van der Waals surface area contributed by atoms with Crippen molar-refractivity contribution in [1.29, 1.82) is 0 Å². The van der Waals surface area contributed by atoms with Gasteiger partial charge >= 0.3 is 6.09 Å². The molecule has 2 rings (SSSR count). The van der Waals surface area contributed by atoms with Gasteiger partial charge in [-0.15, -0.1) is 0 Å². The summed E-state index contributed by atoms with van der Waals surface area (Å²) in [5.74, 6) is 0.307. The third-order valence-corrected chi connectivity index (χ3v) is 3.17. The maximum Gasteiger partial charge on any atom is 0.410 e. The zero-order valence-electron chi connectivity index (χ0n) is 10.5. The van der Waals surface area contributed by atoms with Crippen LogP contribution in [-0.2, 0) is 0 Å². The third-order valence-electron chi connectivity index (χ3n) is 2.61. The minimum atomic E-state index is -1.14. The Bertz CT molecular complexity index is 617. The number of nitrogens with zero attached hydrogens (tertiary/aromatic N) is 2. The van der Waals surface area contributed by atoms with Crippen LogP contribution in [0.5, 0.6) is 0 Å². The smallest absolute Gasteiger partial charge is 0.410 e. The monoisotopic (exact) mass is 275 g/mol. The zero-order chi connectivity index (χ0) is 13.8. The molecule has 1 heterocycles. The van der Waals surface area contributed by atoms with Gasteiger partial charge in [-0.1, -0.05) is 36.0 Å². The van der Waals surface area contributed by atoms with E-state index in [4.69, 9.17) is 5.11 Å². The predicted octanol–water partition coefficient (Wildman–Crippen LogP) is 3.26. The molecule has 98 valence electrons. The average molecular weight is 275 g/mol. The van der Waals surface area contributed by atoms with Gasteiger partial charge in [0.05, 0.1) is 0 Å². The summed E-state index contributed by atoms with van der Waals surface area (Å²) in [4.78, 5) is 19.3. The number of carboxylic acid groups (broad SMARTS) is 1. The number of rotatable bonds is 3. The number of nitrogens with one attached hydrogen (secondary N) is 1. The van der Waals surface area contributed by atoms with E-state index in [1.165, 1.54) is 11.8 Å². The van der Waals surface area contributed by atoms with Crippen molar-refractivity contribution in [3.63, 3.8) is 0 Å². The second kappa shape index (κ2) is 5.71. The molecule has 2 aromatic rings. The molecule has 2 N–H and O–H groups in total. The first-order chi connectivity index (χ1) is 9.11. The topological polar surface area (TPSA) is 75.1 Å². The molecule has 5 nitrogen and oxygen atoms in total. The Morgan fingerprint density at radius 2 is 2.05 bits per heavy atom. The summed E-state index contributed by atoms with van der Waals surface area (Å²) >= 11 is 1.36. The van der Waals surface area contributed by atoms with Crippen molar-refractivity contribution < 1.29 is 9.90 Å². The number of thioether (sulfide) groups is 1. The summed E-state index contributed by atoms with van der Waals surface area (Å²) in [6, 6.07) is 7.71. The first-order valence-electron chi connectivity index (χ1n) is 5.59. The van der Waals surface area contributed by atoms with Gasteiger partial charge in [-0.3, -0.25) is 5.32 Å². The first-order valence-corrected chi connectivity index (χ1v) is 6.81. The van der Waals surface area contributed by atoms with Gasteiger partial charge in [-0.25, -0.2) is 14.8 Å². The molecular formula is C13H13N3O2S. The largest absolute Gasteiger partial charge is 0.465 e. The van der Waals surface area contributed by atoms with Crippen LogP contribution in [0.2, 0.25) is 0 Å². The average Bonchev–Trinajstić information content (AvgIpc) is 2.39. The molecule has 19 heavy (non-hydrogen) atoms. The number of amides is 1. The van der Waals surface area contributed by atoms with E-state index in [9.17, 15) is 4.79 Å². The highest BCUT2D eigenvalue weighted by Crippen LogP contribution is 2.29. The second-order valence-corrected chi connectivity index (χ2v) is 4.64. The van der Waals surface area contributed by atoms with E-state index >= 15 is 0 Å². The number of hydrogen-bond acceptors (Lipinski definition) is 4. The highest BCUT2D eigenvalue weighted by atomic mass is 32.2. The molecule has 1 amide bonds. The molecule has 0 saturated heterocycles. The quantitative estimate of drug-likeness (QED) is 0.664.